The molecule has 2 aliphatic heterocycles. The number of ether oxygens (including phenoxy) is 3. The molecule has 0 aromatic heterocycles. The number of nitrogens with zero attached hydrogens (tertiary/aromatic N) is 3. The number of carbonyl (C=O) groups excluding carboxylic acids is 1. The smallest absolute Gasteiger partial charge is 0.223 e. The van der Waals surface area contributed by atoms with Crippen LogP contribution in [0.15, 0.2) is 36.4 Å². The quantitative estimate of drug-likeness (QED) is 0.447. The molecule has 1 amide bonds. The van der Waals surface area contributed by atoms with E-state index in [4.69, 9.17) is 14.2 Å². The number of morpholine rings is 1. The summed E-state index contributed by atoms with van der Waals surface area (Å²) in [6, 6.07) is 13.2. The molecule has 214 valence electrons. The Hall–Kier alpha value is -2.61. The molecule has 0 atom stereocenters. The number of hydrogen-bond acceptors (Lipinski definition) is 6. The lowest BCUT2D eigenvalue weighted by Crippen LogP contribution is -2.36. The minimum Gasteiger partial charge on any atom is -0.491 e. The SMILES string of the molecule is COCc1cc(CN2CCCCCCCN(C(C)=O)c3ccc(N4CCOCC4)cc3C2)ccc1OC(C)C. The summed E-state index contributed by atoms with van der Waals surface area (Å²) in [6.07, 6.45) is 5.91. The molecular weight excluding hydrogens is 490 g/mol. The van der Waals surface area contributed by atoms with Gasteiger partial charge < -0.3 is 24.0 Å². The third-order valence-corrected chi connectivity index (χ3v) is 7.55. The molecule has 4 rings (SSSR count). The Morgan fingerprint density at radius 2 is 1.69 bits per heavy atom. The molecule has 39 heavy (non-hydrogen) atoms. The number of benzene rings is 2. The van der Waals surface area contributed by atoms with Crippen molar-refractivity contribution in [3.8, 4) is 5.75 Å². The fourth-order valence-corrected chi connectivity index (χ4v) is 5.64. The van der Waals surface area contributed by atoms with Crippen LogP contribution in [0.2, 0.25) is 0 Å². The predicted molar refractivity (Wildman–Crippen MR) is 158 cm³/mol. The zero-order chi connectivity index (χ0) is 27.6. The summed E-state index contributed by atoms with van der Waals surface area (Å²) in [6.45, 7) is 13.0. The van der Waals surface area contributed by atoms with Gasteiger partial charge in [0.05, 0.1) is 25.9 Å². The Balaban J connectivity index is 1.65. The van der Waals surface area contributed by atoms with Crippen LogP contribution < -0.4 is 14.5 Å². The highest BCUT2D eigenvalue weighted by Crippen LogP contribution is 2.31. The standard InChI is InChI=1S/C32H47N3O4/c1-25(2)39-32-13-10-27(20-29(32)24-37-4)22-33-14-8-6-5-7-9-15-35(26(3)36)31-12-11-30(21-28(31)23-33)34-16-18-38-19-17-34/h10-13,20-21,25H,5-9,14-19,22-24H2,1-4H3. The minimum absolute atomic E-state index is 0.114. The van der Waals surface area contributed by atoms with Gasteiger partial charge in [-0.25, -0.2) is 0 Å². The van der Waals surface area contributed by atoms with Gasteiger partial charge in [-0.05, 0) is 74.7 Å². The first-order chi connectivity index (χ1) is 18.9. The zero-order valence-corrected chi connectivity index (χ0v) is 24.4. The molecule has 2 aromatic rings. The summed E-state index contributed by atoms with van der Waals surface area (Å²) in [7, 11) is 1.73. The van der Waals surface area contributed by atoms with Gasteiger partial charge in [0.1, 0.15) is 5.75 Å². The van der Waals surface area contributed by atoms with Gasteiger partial charge in [-0.2, -0.15) is 0 Å². The van der Waals surface area contributed by atoms with E-state index in [-0.39, 0.29) is 12.0 Å². The monoisotopic (exact) mass is 537 g/mol. The molecule has 0 bridgehead atoms. The zero-order valence-electron chi connectivity index (χ0n) is 24.4. The predicted octanol–water partition coefficient (Wildman–Crippen LogP) is 5.78. The lowest BCUT2D eigenvalue weighted by Gasteiger charge is -2.32. The van der Waals surface area contributed by atoms with Crippen molar-refractivity contribution in [1.82, 2.24) is 4.90 Å². The molecule has 7 heteroatoms. The maximum atomic E-state index is 12.8. The molecule has 7 nitrogen and oxygen atoms in total. The van der Waals surface area contributed by atoms with Gasteiger partial charge in [-0.15, -0.1) is 0 Å². The van der Waals surface area contributed by atoms with Crippen LogP contribution in [-0.2, 0) is 34.0 Å². The van der Waals surface area contributed by atoms with Gasteiger partial charge in [0, 0.05) is 63.7 Å². The van der Waals surface area contributed by atoms with Crippen LogP contribution >= 0.6 is 0 Å². The van der Waals surface area contributed by atoms with Crippen molar-refractivity contribution >= 4 is 17.3 Å². The lowest BCUT2D eigenvalue weighted by atomic mass is 10.0. The highest BCUT2D eigenvalue weighted by atomic mass is 16.5. The molecule has 0 saturated carbocycles. The first-order valence-electron chi connectivity index (χ1n) is 14.7. The number of anilines is 2. The van der Waals surface area contributed by atoms with Gasteiger partial charge in [-0.1, -0.05) is 25.3 Å². The van der Waals surface area contributed by atoms with Crippen molar-refractivity contribution in [3.63, 3.8) is 0 Å². The van der Waals surface area contributed by atoms with Gasteiger partial charge in [0.15, 0.2) is 0 Å². The average molecular weight is 538 g/mol. The number of methoxy groups -OCH3 is 1. The molecule has 2 aromatic carbocycles. The fourth-order valence-electron chi connectivity index (χ4n) is 5.64. The van der Waals surface area contributed by atoms with Crippen LogP contribution in [0.1, 0.15) is 69.6 Å². The van der Waals surface area contributed by atoms with Crippen molar-refractivity contribution in [2.45, 2.75) is 78.7 Å². The van der Waals surface area contributed by atoms with E-state index in [1.54, 1.807) is 14.0 Å². The molecule has 0 unspecified atom stereocenters. The van der Waals surface area contributed by atoms with Crippen molar-refractivity contribution in [2.24, 2.45) is 0 Å². The molecule has 1 saturated heterocycles. The first kappa shape index (κ1) is 29.4. The van der Waals surface area contributed by atoms with E-state index in [0.29, 0.717) is 6.61 Å². The molecule has 0 spiro atoms. The van der Waals surface area contributed by atoms with Gasteiger partial charge in [0.25, 0.3) is 0 Å². The largest absolute Gasteiger partial charge is 0.491 e. The molecule has 0 aliphatic carbocycles. The second-order valence-corrected chi connectivity index (χ2v) is 11.1. The molecule has 0 radical (unpaired) electrons. The van der Waals surface area contributed by atoms with E-state index in [1.165, 1.54) is 36.1 Å². The van der Waals surface area contributed by atoms with E-state index in [2.05, 4.69) is 46.2 Å². The van der Waals surface area contributed by atoms with E-state index in [9.17, 15) is 4.79 Å². The number of fused-ring (bicyclic) bond motifs is 1. The summed E-state index contributed by atoms with van der Waals surface area (Å²) in [5, 5.41) is 0. The van der Waals surface area contributed by atoms with Crippen LogP contribution in [0.3, 0.4) is 0 Å². The molecule has 2 heterocycles. The minimum atomic E-state index is 0.114. The third kappa shape index (κ3) is 8.44. The molecule has 2 aliphatic rings. The summed E-state index contributed by atoms with van der Waals surface area (Å²) >= 11 is 0. The van der Waals surface area contributed by atoms with Crippen LogP contribution in [0.25, 0.3) is 0 Å². The van der Waals surface area contributed by atoms with E-state index < -0.39 is 0 Å². The molecular formula is C32H47N3O4. The van der Waals surface area contributed by atoms with Crippen LogP contribution in [-0.4, -0.2) is 63.4 Å². The first-order valence-corrected chi connectivity index (χ1v) is 14.7. The lowest BCUT2D eigenvalue weighted by molar-refractivity contribution is -0.116. The summed E-state index contributed by atoms with van der Waals surface area (Å²) < 4.78 is 17.1. The Morgan fingerprint density at radius 1 is 0.949 bits per heavy atom. The number of carbonyl (C=O) groups is 1. The van der Waals surface area contributed by atoms with Crippen molar-refractivity contribution in [1.29, 1.82) is 0 Å². The number of hydrogen-bond donors (Lipinski definition) is 0. The molecule has 1 fully saturated rings. The van der Waals surface area contributed by atoms with E-state index in [1.807, 2.05) is 18.7 Å². The summed E-state index contributed by atoms with van der Waals surface area (Å²) in [5.74, 6) is 1.01. The average Bonchev–Trinajstić information content (AvgIpc) is 2.91. The Bertz CT molecular complexity index is 1070. The fraction of sp³-hybridized carbons (Fsp3) is 0.594. The van der Waals surface area contributed by atoms with Crippen LogP contribution in [0, 0.1) is 0 Å². The topological polar surface area (TPSA) is 54.5 Å². The van der Waals surface area contributed by atoms with Crippen molar-refractivity contribution in [3.05, 3.63) is 53.1 Å². The Labute approximate surface area is 235 Å². The van der Waals surface area contributed by atoms with E-state index in [0.717, 1.165) is 82.3 Å². The van der Waals surface area contributed by atoms with Gasteiger partial charge in [0.2, 0.25) is 5.91 Å². The number of rotatable bonds is 7. The second-order valence-electron chi connectivity index (χ2n) is 11.1. The second kappa shape index (κ2) is 14.7. The highest BCUT2D eigenvalue weighted by Gasteiger charge is 2.21. The summed E-state index contributed by atoms with van der Waals surface area (Å²) in [5.41, 5.74) is 5.80. The summed E-state index contributed by atoms with van der Waals surface area (Å²) in [4.78, 5) is 19.7. The van der Waals surface area contributed by atoms with Crippen LogP contribution in [0.4, 0.5) is 11.4 Å². The normalized spacial score (nSPS) is 17.9. The highest BCUT2D eigenvalue weighted by molar-refractivity contribution is 5.92. The molecule has 0 N–H and O–H groups in total. The van der Waals surface area contributed by atoms with Crippen molar-refractivity contribution < 1.29 is 19.0 Å². The van der Waals surface area contributed by atoms with Gasteiger partial charge in [-0.3, -0.25) is 9.69 Å². The van der Waals surface area contributed by atoms with Gasteiger partial charge >= 0.3 is 0 Å². The maximum absolute atomic E-state index is 12.8. The Morgan fingerprint density at radius 3 is 2.41 bits per heavy atom. The third-order valence-electron chi connectivity index (χ3n) is 7.55. The van der Waals surface area contributed by atoms with Crippen LogP contribution in [0.5, 0.6) is 5.75 Å². The van der Waals surface area contributed by atoms with Crippen molar-refractivity contribution in [2.75, 3.05) is 56.3 Å². The Kier molecular flexibility index (Phi) is 11.1. The maximum Gasteiger partial charge on any atom is 0.223 e. The number of amides is 1. The van der Waals surface area contributed by atoms with E-state index >= 15 is 0 Å².